The lowest BCUT2D eigenvalue weighted by molar-refractivity contribution is 0.182. The van der Waals surface area contributed by atoms with E-state index in [4.69, 9.17) is 8.85 Å². The summed E-state index contributed by atoms with van der Waals surface area (Å²) in [7, 11) is -2.51. The molecule has 0 amide bonds. The lowest BCUT2D eigenvalue weighted by atomic mass is 9.81. The van der Waals surface area contributed by atoms with E-state index in [1.807, 2.05) is 6.26 Å². The number of rotatable bonds is 8. The van der Waals surface area contributed by atoms with Crippen molar-refractivity contribution in [2.45, 2.75) is 66.9 Å². The largest absolute Gasteiger partial charge is 0.550 e. The van der Waals surface area contributed by atoms with Gasteiger partial charge in [-0.1, -0.05) is 34.6 Å². The zero-order valence-electron chi connectivity index (χ0n) is 15.1. The van der Waals surface area contributed by atoms with Crippen molar-refractivity contribution in [2.24, 2.45) is 17.3 Å². The van der Waals surface area contributed by atoms with Gasteiger partial charge in [-0.2, -0.15) is 0 Å². The van der Waals surface area contributed by atoms with Crippen molar-refractivity contribution in [1.82, 2.24) is 0 Å². The molecular formula is C16H36O2Si2. The van der Waals surface area contributed by atoms with E-state index in [0.29, 0.717) is 11.8 Å². The summed E-state index contributed by atoms with van der Waals surface area (Å²) in [5, 5.41) is 0. The van der Waals surface area contributed by atoms with E-state index in [9.17, 15) is 0 Å². The molecule has 0 saturated carbocycles. The predicted octanol–water partition coefficient (Wildman–Crippen LogP) is 5.04. The average Bonchev–Trinajstić information content (AvgIpc) is 2.18. The molecule has 4 heteroatoms. The Morgan fingerprint density at radius 1 is 1.15 bits per heavy atom. The Morgan fingerprint density at radius 2 is 1.70 bits per heavy atom. The fourth-order valence-corrected chi connectivity index (χ4v) is 5.34. The fraction of sp³-hybridized carbons (Fsp3) is 0.875. The van der Waals surface area contributed by atoms with Gasteiger partial charge in [0.1, 0.15) is 0 Å². The van der Waals surface area contributed by atoms with Crippen molar-refractivity contribution in [1.29, 1.82) is 0 Å². The van der Waals surface area contributed by atoms with Crippen LogP contribution < -0.4 is 0 Å². The summed E-state index contributed by atoms with van der Waals surface area (Å²) >= 11 is 0. The van der Waals surface area contributed by atoms with Crippen LogP contribution in [0.3, 0.4) is 0 Å². The van der Waals surface area contributed by atoms with E-state index in [0.717, 1.165) is 6.61 Å². The molecule has 0 spiro atoms. The van der Waals surface area contributed by atoms with Crippen LogP contribution in [0.2, 0.25) is 32.2 Å². The Labute approximate surface area is 129 Å². The second kappa shape index (κ2) is 8.39. The van der Waals surface area contributed by atoms with E-state index in [1.165, 1.54) is 6.04 Å². The molecule has 1 atom stereocenters. The maximum atomic E-state index is 6.09. The molecule has 0 aromatic rings. The first-order chi connectivity index (χ1) is 8.94. The molecule has 20 heavy (non-hydrogen) atoms. The lowest BCUT2D eigenvalue weighted by Crippen LogP contribution is -2.30. The van der Waals surface area contributed by atoms with Crippen LogP contribution in [0.25, 0.3) is 0 Å². The monoisotopic (exact) mass is 316 g/mol. The third-order valence-corrected chi connectivity index (χ3v) is 6.75. The molecule has 0 aliphatic rings. The maximum Gasteiger partial charge on any atom is 0.244 e. The van der Waals surface area contributed by atoms with E-state index in [-0.39, 0.29) is 5.41 Å². The molecule has 0 fully saturated rings. The SMILES string of the molecule is CC(C)C[Si](C)(C)OC=CC(CO[SiH](C)C)C(C)(C)C. The van der Waals surface area contributed by atoms with Gasteiger partial charge >= 0.3 is 0 Å². The van der Waals surface area contributed by atoms with E-state index in [2.05, 4.69) is 66.9 Å². The highest BCUT2D eigenvalue weighted by atomic mass is 28.4. The summed E-state index contributed by atoms with van der Waals surface area (Å²) in [5.41, 5.74) is 0.215. The molecule has 0 aliphatic carbocycles. The first-order valence-corrected chi connectivity index (χ1v) is 13.8. The molecule has 0 aromatic carbocycles. The molecule has 1 unspecified atom stereocenters. The summed E-state index contributed by atoms with van der Waals surface area (Å²) in [5.74, 6) is 1.13. The number of hydrogen-bond donors (Lipinski definition) is 0. The van der Waals surface area contributed by atoms with Gasteiger partial charge in [0, 0.05) is 12.5 Å². The third-order valence-electron chi connectivity index (χ3n) is 3.32. The van der Waals surface area contributed by atoms with Gasteiger partial charge in [0.15, 0.2) is 9.04 Å². The molecule has 0 radical (unpaired) electrons. The van der Waals surface area contributed by atoms with Crippen LogP contribution in [0, 0.1) is 17.3 Å². The van der Waals surface area contributed by atoms with Crippen LogP contribution in [-0.4, -0.2) is 24.0 Å². The Hall–Kier alpha value is -0.0662. The van der Waals surface area contributed by atoms with Crippen LogP contribution >= 0.6 is 0 Å². The molecule has 0 aromatic heterocycles. The maximum absolute atomic E-state index is 6.09. The fourth-order valence-electron chi connectivity index (χ4n) is 2.24. The Morgan fingerprint density at radius 3 is 2.10 bits per heavy atom. The second-order valence-electron chi connectivity index (χ2n) is 8.16. The van der Waals surface area contributed by atoms with Crippen molar-refractivity contribution < 1.29 is 8.85 Å². The molecule has 0 bridgehead atoms. The first kappa shape index (κ1) is 19.9. The van der Waals surface area contributed by atoms with Gasteiger partial charge in [-0.3, -0.25) is 0 Å². The standard InChI is InChI=1S/C16H36O2Si2/c1-14(2)13-20(8,9)18-11-10-15(16(3,4)5)12-17-19(6)7/h10-11,14-15,19H,12-13H2,1-9H3. The minimum absolute atomic E-state index is 0.215. The second-order valence-corrected chi connectivity index (χ2v) is 14.8. The van der Waals surface area contributed by atoms with E-state index >= 15 is 0 Å². The van der Waals surface area contributed by atoms with Crippen LogP contribution in [0.5, 0.6) is 0 Å². The number of hydrogen-bond acceptors (Lipinski definition) is 2. The molecule has 0 N–H and O–H groups in total. The molecule has 0 rings (SSSR count). The predicted molar refractivity (Wildman–Crippen MR) is 95.1 cm³/mol. The van der Waals surface area contributed by atoms with Gasteiger partial charge in [0.25, 0.3) is 0 Å². The molecular weight excluding hydrogens is 280 g/mol. The van der Waals surface area contributed by atoms with Gasteiger partial charge in [-0.15, -0.1) is 0 Å². The first-order valence-electron chi connectivity index (χ1n) is 7.90. The minimum Gasteiger partial charge on any atom is -0.550 e. The highest BCUT2D eigenvalue weighted by Gasteiger charge is 2.26. The van der Waals surface area contributed by atoms with Crippen LogP contribution in [-0.2, 0) is 8.85 Å². The smallest absolute Gasteiger partial charge is 0.244 e. The molecule has 0 saturated heterocycles. The molecule has 0 heterocycles. The van der Waals surface area contributed by atoms with E-state index < -0.39 is 17.4 Å². The average molecular weight is 317 g/mol. The van der Waals surface area contributed by atoms with Gasteiger partial charge < -0.3 is 8.85 Å². The topological polar surface area (TPSA) is 18.5 Å². The van der Waals surface area contributed by atoms with E-state index in [1.54, 1.807) is 0 Å². The quantitative estimate of drug-likeness (QED) is 0.461. The molecule has 2 nitrogen and oxygen atoms in total. The highest BCUT2D eigenvalue weighted by Crippen LogP contribution is 2.28. The highest BCUT2D eigenvalue weighted by molar-refractivity contribution is 6.71. The van der Waals surface area contributed by atoms with Gasteiger partial charge in [0.05, 0.1) is 6.26 Å². The summed E-state index contributed by atoms with van der Waals surface area (Å²) < 4.78 is 12.0. The van der Waals surface area contributed by atoms with Crippen LogP contribution in [0.15, 0.2) is 12.3 Å². The van der Waals surface area contributed by atoms with Gasteiger partial charge in [-0.25, -0.2) is 0 Å². The summed E-state index contributed by atoms with van der Waals surface area (Å²) in [6, 6.07) is 1.20. The molecule has 120 valence electrons. The van der Waals surface area contributed by atoms with Crippen molar-refractivity contribution in [2.75, 3.05) is 6.61 Å². The Balaban J connectivity index is 4.54. The zero-order valence-corrected chi connectivity index (χ0v) is 17.3. The molecule has 0 aliphatic heterocycles. The third kappa shape index (κ3) is 9.78. The van der Waals surface area contributed by atoms with Crippen molar-refractivity contribution >= 4 is 17.4 Å². The van der Waals surface area contributed by atoms with Crippen molar-refractivity contribution in [3.05, 3.63) is 12.3 Å². The summed E-state index contributed by atoms with van der Waals surface area (Å²) in [6.45, 7) is 21.2. The normalized spacial score (nSPS) is 15.3. The van der Waals surface area contributed by atoms with Crippen molar-refractivity contribution in [3.63, 3.8) is 0 Å². The lowest BCUT2D eigenvalue weighted by Gasteiger charge is -2.29. The van der Waals surface area contributed by atoms with Crippen molar-refractivity contribution in [3.8, 4) is 0 Å². The zero-order chi connectivity index (χ0) is 16.0. The summed E-state index contributed by atoms with van der Waals surface area (Å²) in [6.07, 6.45) is 4.17. The Bertz CT molecular complexity index is 291. The van der Waals surface area contributed by atoms with Crippen LogP contribution in [0.4, 0.5) is 0 Å². The Kier molecular flexibility index (Phi) is 8.37. The van der Waals surface area contributed by atoms with Crippen LogP contribution in [0.1, 0.15) is 34.6 Å². The van der Waals surface area contributed by atoms with Gasteiger partial charge in [0.2, 0.25) is 8.32 Å². The van der Waals surface area contributed by atoms with Gasteiger partial charge in [-0.05, 0) is 49.6 Å². The minimum atomic E-state index is -1.56. The summed E-state index contributed by atoms with van der Waals surface area (Å²) in [4.78, 5) is 0.